The summed E-state index contributed by atoms with van der Waals surface area (Å²) in [4.78, 5) is 12.0. The van der Waals surface area contributed by atoms with E-state index < -0.39 is 0 Å². The van der Waals surface area contributed by atoms with Crippen LogP contribution >= 0.6 is 11.8 Å². The second kappa shape index (κ2) is 7.52. The van der Waals surface area contributed by atoms with Crippen LogP contribution in [0, 0.1) is 0 Å². The first-order valence-electron chi connectivity index (χ1n) is 7.59. The smallest absolute Gasteiger partial charge is 0.230 e. The molecule has 1 heterocycles. The van der Waals surface area contributed by atoms with Crippen LogP contribution in [0.5, 0.6) is 11.5 Å². The van der Waals surface area contributed by atoms with Gasteiger partial charge in [0.2, 0.25) is 11.1 Å². The Morgan fingerprint density at radius 2 is 2.00 bits per heavy atom. The average Bonchev–Trinajstić information content (AvgIpc) is 3.35. The molecule has 1 aromatic heterocycles. The molecule has 0 bridgehead atoms. The van der Waals surface area contributed by atoms with Crippen LogP contribution in [-0.2, 0) is 11.3 Å². The molecule has 0 atom stereocenters. The van der Waals surface area contributed by atoms with Crippen molar-refractivity contribution in [2.45, 2.75) is 30.6 Å². The number of nitrogens with zero attached hydrogens (tertiary/aromatic N) is 4. The van der Waals surface area contributed by atoms with Crippen molar-refractivity contribution in [2.24, 2.45) is 0 Å². The van der Waals surface area contributed by atoms with Crippen LogP contribution < -0.4 is 14.8 Å². The van der Waals surface area contributed by atoms with E-state index in [9.17, 15) is 4.79 Å². The highest BCUT2D eigenvalue weighted by Crippen LogP contribution is 2.36. The van der Waals surface area contributed by atoms with Crippen molar-refractivity contribution in [3.63, 3.8) is 0 Å². The fourth-order valence-electron chi connectivity index (χ4n) is 2.18. The molecular formula is C15H19N5O3S. The van der Waals surface area contributed by atoms with Gasteiger partial charge in [-0.1, -0.05) is 11.8 Å². The molecule has 24 heavy (non-hydrogen) atoms. The van der Waals surface area contributed by atoms with Crippen LogP contribution in [0.4, 0.5) is 0 Å². The summed E-state index contributed by atoms with van der Waals surface area (Å²) in [6.07, 6.45) is 2.20. The Kier molecular flexibility index (Phi) is 5.19. The van der Waals surface area contributed by atoms with Crippen molar-refractivity contribution < 1.29 is 14.3 Å². The van der Waals surface area contributed by atoms with E-state index in [1.807, 2.05) is 12.1 Å². The van der Waals surface area contributed by atoms with Gasteiger partial charge >= 0.3 is 0 Å². The number of hydrogen-bond acceptors (Lipinski definition) is 7. The Morgan fingerprint density at radius 3 is 2.62 bits per heavy atom. The number of methoxy groups -OCH3 is 2. The lowest BCUT2D eigenvalue weighted by Gasteiger charge is -2.09. The summed E-state index contributed by atoms with van der Waals surface area (Å²) >= 11 is 1.35. The van der Waals surface area contributed by atoms with Crippen molar-refractivity contribution in [1.29, 1.82) is 0 Å². The van der Waals surface area contributed by atoms with E-state index in [0.29, 0.717) is 29.2 Å². The van der Waals surface area contributed by atoms with Crippen LogP contribution in [0.3, 0.4) is 0 Å². The lowest BCUT2D eigenvalue weighted by Crippen LogP contribution is -2.24. The first kappa shape index (κ1) is 16.6. The van der Waals surface area contributed by atoms with Crippen LogP contribution in [0.25, 0.3) is 0 Å². The van der Waals surface area contributed by atoms with Crippen molar-refractivity contribution in [2.75, 3.05) is 20.0 Å². The first-order chi connectivity index (χ1) is 11.7. The van der Waals surface area contributed by atoms with Gasteiger partial charge in [0.05, 0.1) is 26.0 Å². The molecule has 0 saturated heterocycles. The molecule has 1 fully saturated rings. The van der Waals surface area contributed by atoms with Gasteiger partial charge in [0, 0.05) is 12.6 Å². The summed E-state index contributed by atoms with van der Waals surface area (Å²) in [7, 11) is 3.19. The van der Waals surface area contributed by atoms with Gasteiger partial charge in [0.15, 0.2) is 0 Å². The van der Waals surface area contributed by atoms with Crippen LogP contribution in [0.15, 0.2) is 23.4 Å². The molecule has 128 valence electrons. The number of amides is 1. The molecule has 0 aliphatic heterocycles. The Morgan fingerprint density at radius 1 is 1.29 bits per heavy atom. The average molecular weight is 349 g/mol. The predicted molar refractivity (Wildman–Crippen MR) is 88.2 cm³/mol. The van der Waals surface area contributed by atoms with Crippen LogP contribution in [0.2, 0.25) is 0 Å². The van der Waals surface area contributed by atoms with Gasteiger partial charge in [-0.3, -0.25) is 4.79 Å². The van der Waals surface area contributed by atoms with E-state index in [1.165, 1.54) is 11.8 Å². The second-order valence-electron chi connectivity index (χ2n) is 5.42. The van der Waals surface area contributed by atoms with E-state index in [1.54, 1.807) is 25.0 Å². The lowest BCUT2D eigenvalue weighted by atomic mass is 10.2. The van der Waals surface area contributed by atoms with Crippen molar-refractivity contribution in [3.8, 4) is 11.5 Å². The van der Waals surface area contributed by atoms with Gasteiger partial charge in [0.25, 0.3) is 0 Å². The number of aromatic nitrogens is 4. The number of nitrogens with one attached hydrogen (secondary N) is 1. The Bertz CT molecular complexity index is 695. The number of tetrazole rings is 1. The lowest BCUT2D eigenvalue weighted by molar-refractivity contribution is -0.118. The first-order valence-corrected chi connectivity index (χ1v) is 8.57. The number of carbonyl (C=O) groups is 1. The third kappa shape index (κ3) is 4.16. The highest BCUT2D eigenvalue weighted by Gasteiger charge is 2.28. The maximum atomic E-state index is 12.0. The summed E-state index contributed by atoms with van der Waals surface area (Å²) in [6.45, 7) is 0.403. The van der Waals surface area contributed by atoms with Gasteiger partial charge in [-0.2, -0.15) is 0 Å². The zero-order valence-electron chi connectivity index (χ0n) is 13.6. The molecule has 1 saturated carbocycles. The highest BCUT2D eigenvalue weighted by molar-refractivity contribution is 7.99. The molecule has 0 spiro atoms. The van der Waals surface area contributed by atoms with Crippen LogP contribution in [-0.4, -0.2) is 46.1 Å². The minimum atomic E-state index is -0.0767. The third-order valence-electron chi connectivity index (χ3n) is 3.59. The Hall–Kier alpha value is -2.29. The van der Waals surface area contributed by atoms with Gasteiger partial charge < -0.3 is 14.8 Å². The van der Waals surface area contributed by atoms with Gasteiger partial charge in [-0.15, -0.1) is 5.10 Å². The molecule has 1 amide bonds. The fraction of sp³-hybridized carbons (Fsp3) is 0.467. The molecule has 9 heteroatoms. The number of rotatable bonds is 8. The maximum Gasteiger partial charge on any atom is 0.230 e. The number of ether oxygens (including phenoxy) is 2. The van der Waals surface area contributed by atoms with Crippen molar-refractivity contribution in [3.05, 3.63) is 23.8 Å². The SMILES string of the molecule is COc1cc(CNC(=O)CSc2nnnn2C2CC2)cc(OC)c1. The van der Waals surface area contributed by atoms with Crippen molar-refractivity contribution in [1.82, 2.24) is 25.5 Å². The summed E-state index contributed by atoms with van der Waals surface area (Å²) in [5.41, 5.74) is 0.910. The molecular weight excluding hydrogens is 330 g/mol. The monoisotopic (exact) mass is 349 g/mol. The minimum Gasteiger partial charge on any atom is -0.497 e. The quantitative estimate of drug-likeness (QED) is 0.721. The highest BCUT2D eigenvalue weighted by atomic mass is 32.2. The normalized spacial score (nSPS) is 13.6. The number of thioether (sulfide) groups is 1. The van der Waals surface area contributed by atoms with E-state index in [4.69, 9.17) is 9.47 Å². The van der Waals surface area contributed by atoms with Gasteiger partial charge in [0.1, 0.15) is 11.5 Å². The third-order valence-corrected chi connectivity index (χ3v) is 4.52. The summed E-state index contributed by atoms with van der Waals surface area (Å²) < 4.78 is 12.2. The zero-order chi connectivity index (χ0) is 16.9. The number of carbonyl (C=O) groups excluding carboxylic acids is 1. The van der Waals surface area contributed by atoms with E-state index in [-0.39, 0.29) is 11.7 Å². The topological polar surface area (TPSA) is 91.2 Å². The molecule has 1 aliphatic rings. The Labute approximate surface area is 143 Å². The second-order valence-corrected chi connectivity index (χ2v) is 6.37. The van der Waals surface area contributed by atoms with E-state index in [2.05, 4.69) is 20.8 Å². The van der Waals surface area contributed by atoms with Gasteiger partial charge in [-0.25, -0.2) is 4.68 Å². The summed E-state index contributed by atoms with van der Waals surface area (Å²) in [5, 5.41) is 15.2. The minimum absolute atomic E-state index is 0.0767. The van der Waals surface area contributed by atoms with E-state index in [0.717, 1.165) is 18.4 Å². The molecule has 3 rings (SSSR count). The molecule has 0 radical (unpaired) electrons. The molecule has 2 aromatic rings. The number of benzene rings is 1. The molecule has 1 aliphatic carbocycles. The molecule has 8 nitrogen and oxygen atoms in total. The molecule has 1 N–H and O–H groups in total. The van der Waals surface area contributed by atoms with Crippen LogP contribution in [0.1, 0.15) is 24.4 Å². The number of hydrogen-bond donors (Lipinski definition) is 1. The van der Waals surface area contributed by atoms with Crippen molar-refractivity contribution >= 4 is 17.7 Å². The predicted octanol–water partition coefficient (Wildman–Crippen LogP) is 1.43. The van der Waals surface area contributed by atoms with Gasteiger partial charge in [-0.05, 0) is 41.0 Å². The fourth-order valence-corrected chi connectivity index (χ4v) is 2.95. The zero-order valence-corrected chi connectivity index (χ0v) is 14.4. The largest absolute Gasteiger partial charge is 0.497 e. The Balaban J connectivity index is 1.51. The standard InChI is InChI=1S/C15H19N5O3S/c1-22-12-5-10(6-13(7-12)23-2)8-16-14(21)9-24-15-17-18-19-20(15)11-3-4-11/h5-7,11H,3-4,8-9H2,1-2H3,(H,16,21). The molecule has 1 aromatic carbocycles. The molecule has 0 unspecified atom stereocenters. The maximum absolute atomic E-state index is 12.0. The summed E-state index contributed by atoms with van der Waals surface area (Å²) in [6, 6.07) is 5.92. The van der Waals surface area contributed by atoms with E-state index >= 15 is 0 Å². The summed E-state index contributed by atoms with van der Waals surface area (Å²) in [5.74, 6) is 1.58.